The second kappa shape index (κ2) is 11.0. The molecule has 1 N–H and O–H groups in total. The number of anilines is 2. The molecule has 4 rings (SSSR count). The van der Waals surface area contributed by atoms with E-state index >= 15 is 0 Å². The van der Waals surface area contributed by atoms with E-state index in [1.54, 1.807) is 49.3 Å². The van der Waals surface area contributed by atoms with Crippen LogP contribution in [0, 0.1) is 0 Å². The zero-order valence-corrected chi connectivity index (χ0v) is 22.4. The lowest BCUT2D eigenvalue weighted by Gasteiger charge is -2.32. The molecule has 2 heterocycles. The van der Waals surface area contributed by atoms with Gasteiger partial charge in [0.05, 0.1) is 22.5 Å². The summed E-state index contributed by atoms with van der Waals surface area (Å²) >= 11 is 6.24. The Kier molecular flexibility index (Phi) is 8.19. The number of carbonyl (C=O) groups excluding carboxylic acids is 1. The van der Waals surface area contributed by atoms with Gasteiger partial charge >= 0.3 is 18.4 Å². The molecule has 1 atom stereocenters. The van der Waals surface area contributed by atoms with E-state index in [-0.39, 0.29) is 16.7 Å². The molecule has 0 radical (unpaired) electrons. The van der Waals surface area contributed by atoms with Crippen molar-refractivity contribution in [3.05, 3.63) is 59.1 Å². The fourth-order valence-electron chi connectivity index (χ4n) is 4.89. The van der Waals surface area contributed by atoms with Gasteiger partial charge < -0.3 is 19.8 Å². The highest BCUT2D eigenvalue weighted by Gasteiger charge is 2.74. The Morgan fingerprint density at radius 3 is 2.15 bits per heavy atom. The van der Waals surface area contributed by atoms with Crippen LogP contribution in [0.15, 0.2) is 53.6 Å². The Bertz CT molecular complexity index is 1240. The highest BCUT2D eigenvalue weighted by molar-refractivity contribution is 6.33. The summed E-state index contributed by atoms with van der Waals surface area (Å²) in [7, 11) is 3.36. The molecule has 1 fully saturated rings. The zero-order chi connectivity index (χ0) is 29.5. The van der Waals surface area contributed by atoms with Crippen LogP contribution in [0.5, 0.6) is 0 Å². The lowest BCUT2D eigenvalue weighted by atomic mass is 9.90. The van der Waals surface area contributed by atoms with E-state index in [1.165, 1.54) is 23.1 Å². The van der Waals surface area contributed by atoms with Crippen LogP contribution in [0.25, 0.3) is 0 Å². The summed E-state index contributed by atoms with van der Waals surface area (Å²) in [5.41, 5.74) is -5.34. The normalized spacial score (nSPS) is 19.0. The summed E-state index contributed by atoms with van der Waals surface area (Å²) in [5.74, 6) is 0. The highest BCUT2D eigenvalue weighted by atomic mass is 35.5. The minimum absolute atomic E-state index is 0.0677. The minimum Gasteiger partial charge on any atom is -0.370 e. The number of alkyl halides is 6. The molecular weight excluding hydrogens is 564 g/mol. The fraction of sp³-hybridized carbons (Fsp3) is 0.462. The van der Waals surface area contributed by atoms with Gasteiger partial charge in [0.15, 0.2) is 0 Å². The van der Waals surface area contributed by atoms with E-state index in [2.05, 4.69) is 10.0 Å². The Morgan fingerprint density at radius 2 is 1.57 bits per heavy atom. The summed E-state index contributed by atoms with van der Waals surface area (Å²) in [4.78, 5) is 17.6. The van der Waals surface area contributed by atoms with Gasteiger partial charge in [0.25, 0.3) is 5.60 Å². The Balaban J connectivity index is 1.64. The monoisotopic (exact) mass is 591 g/mol. The smallest absolute Gasteiger partial charge is 0.370 e. The van der Waals surface area contributed by atoms with Gasteiger partial charge in [-0.25, -0.2) is 4.79 Å². The lowest BCUT2D eigenvalue weighted by Crippen LogP contribution is -2.62. The Hall–Kier alpha value is -3.19. The topological polar surface area (TPSA) is 62.6 Å². The van der Waals surface area contributed by atoms with E-state index in [9.17, 15) is 36.2 Å². The molecule has 14 heteroatoms. The number of carbonyl (C=O) groups is 1. The Morgan fingerprint density at radius 1 is 0.950 bits per heavy atom. The molecule has 2 aromatic rings. The van der Waals surface area contributed by atoms with Gasteiger partial charge in [-0.05, 0) is 36.2 Å². The molecule has 1 unspecified atom stereocenters. The first-order valence-electron chi connectivity index (χ1n) is 12.4. The third-order valence-electron chi connectivity index (χ3n) is 7.04. The second-order valence-electron chi connectivity index (χ2n) is 9.86. The molecule has 2 aromatic carbocycles. The number of benzene rings is 2. The number of urea groups is 1. The van der Waals surface area contributed by atoms with Crippen molar-refractivity contribution in [1.29, 1.82) is 0 Å². The van der Waals surface area contributed by atoms with Gasteiger partial charge in [-0.1, -0.05) is 35.9 Å². The first-order valence-corrected chi connectivity index (χ1v) is 12.8. The number of rotatable bonds is 4. The molecule has 2 amide bonds. The summed E-state index contributed by atoms with van der Waals surface area (Å²) in [6.45, 7) is 2.28. The van der Waals surface area contributed by atoms with Crippen molar-refractivity contribution in [3.8, 4) is 0 Å². The Labute approximate surface area is 232 Å². The average molecular weight is 592 g/mol. The summed E-state index contributed by atoms with van der Waals surface area (Å²) in [6, 6.07) is 11.4. The second-order valence-corrected chi connectivity index (χ2v) is 10.3. The number of hydrazone groups is 1. The predicted molar refractivity (Wildman–Crippen MR) is 140 cm³/mol. The van der Waals surface area contributed by atoms with Crippen molar-refractivity contribution < 1.29 is 36.2 Å². The van der Waals surface area contributed by atoms with E-state index in [0.29, 0.717) is 31.7 Å². The van der Waals surface area contributed by atoms with Crippen molar-refractivity contribution in [2.24, 2.45) is 5.10 Å². The lowest BCUT2D eigenvalue weighted by molar-refractivity contribution is -0.338. The molecule has 0 bridgehead atoms. The largest absolute Gasteiger partial charge is 0.431 e. The summed E-state index contributed by atoms with van der Waals surface area (Å²) < 4.78 is 82.1. The van der Waals surface area contributed by atoms with Crippen LogP contribution in [-0.2, 0) is 0 Å². The van der Waals surface area contributed by atoms with Crippen molar-refractivity contribution in [1.82, 2.24) is 9.80 Å². The molecule has 2 aliphatic heterocycles. The molecule has 0 aromatic heterocycles. The standard InChI is InChI=1S/C26H28ClF6N5O2/c1-35(2)23(39)37-13-5-12-36(14-15-37)18-10-8-17(9-11-18)21-16-22(24(40,25(28,29)30)26(31,32)33)34-38(21)20-7-4-3-6-19(20)27/h3-4,6-11,21,40H,5,12-16H2,1-2H3. The molecule has 0 aliphatic carbocycles. The van der Waals surface area contributed by atoms with Gasteiger partial charge in [-0.3, -0.25) is 5.01 Å². The molecule has 0 spiro atoms. The zero-order valence-electron chi connectivity index (χ0n) is 21.7. The van der Waals surface area contributed by atoms with Gasteiger partial charge in [0.2, 0.25) is 0 Å². The van der Waals surface area contributed by atoms with E-state index in [0.717, 1.165) is 17.1 Å². The maximum absolute atomic E-state index is 13.7. The van der Waals surface area contributed by atoms with Gasteiger partial charge in [-0.2, -0.15) is 31.4 Å². The summed E-state index contributed by atoms with van der Waals surface area (Å²) in [5, 5.41) is 14.8. The van der Waals surface area contributed by atoms with Gasteiger partial charge in [0, 0.05) is 52.4 Å². The highest BCUT2D eigenvalue weighted by Crippen LogP contribution is 2.49. The van der Waals surface area contributed by atoms with Crippen molar-refractivity contribution >= 4 is 34.7 Å². The van der Waals surface area contributed by atoms with Crippen LogP contribution >= 0.6 is 11.6 Å². The molecule has 218 valence electrons. The third kappa shape index (κ3) is 5.53. The van der Waals surface area contributed by atoms with Crippen molar-refractivity contribution in [2.75, 3.05) is 50.2 Å². The molecular formula is C26H28ClF6N5O2. The first-order chi connectivity index (χ1) is 18.6. The van der Waals surface area contributed by atoms with Crippen LogP contribution in [-0.4, -0.2) is 84.9 Å². The van der Waals surface area contributed by atoms with Crippen LogP contribution in [0.1, 0.15) is 24.4 Å². The third-order valence-corrected chi connectivity index (χ3v) is 7.36. The van der Waals surface area contributed by atoms with E-state index in [4.69, 9.17) is 11.6 Å². The number of nitrogens with zero attached hydrogens (tertiary/aromatic N) is 5. The molecule has 40 heavy (non-hydrogen) atoms. The molecule has 0 saturated carbocycles. The minimum atomic E-state index is -6.05. The average Bonchev–Trinajstić information content (AvgIpc) is 3.17. The number of aliphatic hydroxyl groups is 1. The van der Waals surface area contributed by atoms with Crippen LogP contribution in [0.2, 0.25) is 5.02 Å². The van der Waals surface area contributed by atoms with Crippen molar-refractivity contribution in [3.63, 3.8) is 0 Å². The molecule has 2 aliphatic rings. The van der Waals surface area contributed by atoms with Crippen LogP contribution in [0.3, 0.4) is 0 Å². The predicted octanol–water partition coefficient (Wildman–Crippen LogP) is 5.70. The van der Waals surface area contributed by atoms with E-state index < -0.39 is 36.1 Å². The molecule has 1 saturated heterocycles. The van der Waals surface area contributed by atoms with Crippen LogP contribution < -0.4 is 9.91 Å². The maximum Gasteiger partial charge on any atom is 0.431 e. The summed E-state index contributed by atoms with van der Waals surface area (Å²) in [6.07, 6.45) is -12.2. The van der Waals surface area contributed by atoms with Gasteiger partial charge in [-0.15, -0.1) is 0 Å². The quantitative estimate of drug-likeness (QED) is 0.464. The number of amides is 2. The number of para-hydroxylation sites is 1. The first kappa shape index (κ1) is 29.8. The van der Waals surface area contributed by atoms with Crippen LogP contribution in [0.4, 0.5) is 42.5 Å². The maximum atomic E-state index is 13.7. The number of halogens is 7. The number of hydrogen-bond acceptors (Lipinski definition) is 5. The SMILES string of the molecule is CN(C)C(=O)N1CCCN(c2ccc(C3CC(C(O)(C(F)(F)F)C(F)(F)F)=NN3c3ccccc3Cl)cc2)CC1. The number of hydrogen-bond donors (Lipinski definition) is 1. The van der Waals surface area contributed by atoms with Crippen molar-refractivity contribution in [2.45, 2.75) is 36.8 Å². The molecule has 7 nitrogen and oxygen atoms in total. The fourth-order valence-corrected chi connectivity index (χ4v) is 5.12. The van der Waals surface area contributed by atoms with E-state index in [1.807, 2.05) is 0 Å². The van der Waals surface area contributed by atoms with Gasteiger partial charge in [0.1, 0.15) is 0 Å².